The Hall–Kier alpha value is -2.91. The van der Waals surface area contributed by atoms with Gasteiger partial charge in [0.2, 0.25) is 11.8 Å². The van der Waals surface area contributed by atoms with Crippen LogP contribution < -0.4 is 14.2 Å². The van der Waals surface area contributed by atoms with E-state index in [1.165, 1.54) is 11.8 Å². The fourth-order valence-electron chi connectivity index (χ4n) is 4.58. The average Bonchev–Trinajstić information content (AvgIpc) is 2.89. The summed E-state index contributed by atoms with van der Waals surface area (Å²) in [5.41, 5.74) is 3.07. The summed E-state index contributed by atoms with van der Waals surface area (Å²) in [6.45, 7) is 2.06. The maximum atomic E-state index is 13.7. The van der Waals surface area contributed by atoms with E-state index in [-0.39, 0.29) is 24.4 Å². The minimum atomic E-state index is -0.320. The monoisotopic (exact) mass is 500 g/mol. The molecule has 2 bridgehead atoms. The van der Waals surface area contributed by atoms with Gasteiger partial charge in [0.15, 0.2) is 11.5 Å². The first-order valence-electron chi connectivity index (χ1n) is 11.7. The summed E-state index contributed by atoms with van der Waals surface area (Å²) in [5, 5.41) is 0. The van der Waals surface area contributed by atoms with Gasteiger partial charge in [0.1, 0.15) is 12.4 Å². The maximum absolute atomic E-state index is 13.7. The van der Waals surface area contributed by atoms with Gasteiger partial charge >= 0.3 is 0 Å². The highest BCUT2D eigenvalue weighted by Gasteiger charge is 2.34. The normalized spacial score (nSPS) is 18.6. The molecule has 0 radical (unpaired) electrons. The Morgan fingerprint density at radius 3 is 2.51 bits per heavy atom. The molecule has 9 heteroatoms. The van der Waals surface area contributed by atoms with Crippen LogP contribution in [0.2, 0.25) is 0 Å². The van der Waals surface area contributed by atoms with Gasteiger partial charge in [-0.25, -0.2) is 0 Å². The van der Waals surface area contributed by atoms with Crippen molar-refractivity contribution in [3.05, 3.63) is 53.1 Å². The highest BCUT2D eigenvalue weighted by atomic mass is 32.2. The lowest BCUT2D eigenvalue weighted by Gasteiger charge is -2.39. The summed E-state index contributed by atoms with van der Waals surface area (Å²) < 4.78 is 22.6. The van der Waals surface area contributed by atoms with Gasteiger partial charge in [0, 0.05) is 13.1 Å². The van der Waals surface area contributed by atoms with Gasteiger partial charge < -0.3 is 28.7 Å². The molecule has 3 heterocycles. The second-order valence-corrected chi connectivity index (χ2v) is 9.29. The minimum Gasteiger partial charge on any atom is -0.493 e. The van der Waals surface area contributed by atoms with E-state index in [2.05, 4.69) is 0 Å². The third kappa shape index (κ3) is 5.67. The number of hydrogen-bond donors (Lipinski definition) is 0. The molecule has 2 aromatic carbocycles. The Bertz CT molecular complexity index is 1040. The van der Waals surface area contributed by atoms with Gasteiger partial charge in [-0.15, -0.1) is 0 Å². The number of ether oxygens (including phenoxy) is 4. The summed E-state index contributed by atoms with van der Waals surface area (Å²) in [4.78, 5) is 29.9. The van der Waals surface area contributed by atoms with Gasteiger partial charge in [-0.1, -0.05) is 12.1 Å². The van der Waals surface area contributed by atoms with Crippen molar-refractivity contribution in [1.29, 1.82) is 0 Å². The number of carbonyl (C=O) groups excluding carboxylic acids is 2. The van der Waals surface area contributed by atoms with Crippen LogP contribution in [0.25, 0.3) is 0 Å². The number of carbonyl (C=O) groups is 2. The van der Waals surface area contributed by atoms with Crippen molar-refractivity contribution in [2.75, 3.05) is 65.7 Å². The molecule has 0 saturated carbocycles. The van der Waals surface area contributed by atoms with E-state index in [4.69, 9.17) is 18.9 Å². The molecule has 0 fully saturated rings. The molecule has 35 heavy (non-hydrogen) atoms. The van der Waals surface area contributed by atoms with Crippen molar-refractivity contribution in [1.82, 2.24) is 9.80 Å². The van der Waals surface area contributed by atoms with Crippen molar-refractivity contribution in [3.63, 3.8) is 0 Å². The topological polar surface area (TPSA) is 77.5 Å². The van der Waals surface area contributed by atoms with Gasteiger partial charge in [0.25, 0.3) is 0 Å². The molecule has 0 spiro atoms. The molecular weight excluding hydrogens is 468 g/mol. The van der Waals surface area contributed by atoms with E-state index in [1.807, 2.05) is 47.6 Å². The quantitative estimate of drug-likeness (QED) is 0.598. The number of methoxy groups -OCH3 is 2. The van der Waals surface area contributed by atoms with E-state index in [9.17, 15) is 9.59 Å². The summed E-state index contributed by atoms with van der Waals surface area (Å²) in [6, 6.07) is 11.4. The third-order valence-corrected chi connectivity index (χ3v) is 6.87. The Labute approximate surface area is 210 Å². The van der Waals surface area contributed by atoms with Gasteiger partial charge in [-0.05, 0) is 53.6 Å². The Morgan fingerprint density at radius 2 is 1.80 bits per heavy atom. The molecule has 1 atom stereocenters. The second kappa shape index (κ2) is 11.7. The fraction of sp³-hybridized carbons (Fsp3) is 0.462. The maximum Gasteiger partial charge on any atom is 0.242 e. The molecule has 0 aromatic heterocycles. The number of amides is 2. The van der Waals surface area contributed by atoms with Crippen molar-refractivity contribution in [3.8, 4) is 17.2 Å². The molecule has 2 aromatic rings. The zero-order chi connectivity index (χ0) is 24.8. The highest BCUT2D eigenvalue weighted by molar-refractivity contribution is 7.99. The zero-order valence-electron chi connectivity index (χ0n) is 20.5. The molecule has 2 amide bonds. The molecule has 0 N–H and O–H groups in total. The van der Waals surface area contributed by atoms with E-state index in [0.29, 0.717) is 56.6 Å². The summed E-state index contributed by atoms with van der Waals surface area (Å²) in [5.74, 6) is 2.18. The van der Waals surface area contributed by atoms with Crippen LogP contribution >= 0.6 is 11.8 Å². The first kappa shape index (κ1) is 25.2. The number of benzene rings is 2. The van der Waals surface area contributed by atoms with Crippen molar-refractivity contribution < 1.29 is 28.5 Å². The van der Waals surface area contributed by atoms with E-state index < -0.39 is 0 Å². The number of hydrogen-bond acceptors (Lipinski definition) is 7. The molecular formula is C26H32N2O6S. The zero-order valence-corrected chi connectivity index (χ0v) is 21.3. The molecule has 3 aliphatic heterocycles. The van der Waals surface area contributed by atoms with Crippen LogP contribution in [0.15, 0.2) is 36.4 Å². The molecule has 0 aliphatic carbocycles. The van der Waals surface area contributed by atoms with E-state index in [1.54, 1.807) is 19.1 Å². The van der Waals surface area contributed by atoms with E-state index in [0.717, 1.165) is 22.4 Å². The van der Waals surface area contributed by atoms with Crippen LogP contribution in [-0.2, 0) is 20.7 Å². The largest absolute Gasteiger partial charge is 0.493 e. The number of rotatable bonds is 4. The summed E-state index contributed by atoms with van der Waals surface area (Å²) in [6.07, 6.45) is 2.56. The Balaban J connectivity index is 1.75. The molecule has 8 nitrogen and oxygen atoms in total. The highest BCUT2D eigenvalue weighted by Crippen LogP contribution is 2.41. The predicted molar refractivity (Wildman–Crippen MR) is 135 cm³/mol. The van der Waals surface area contributed by atoms with Crippen LogP contribution in [0.3, 0.4) is 0 Å². The number of fused-ring (bicyclic) bond motifs is 11. The van der Waals surface area contributed by atoms with Gasteiger partial charge in [-0.2, -0.15) is 11.8 Å². The third-order valence-electron chi connectivity index (χ3n) is 6.34. The lowest BCUT2D eigenvalue weighted by molar-refractivity contribution is -0.141. The van der Waals surface area contributed by atoms with Crippen molar-refractivity contribution >= 4 is 23.6 Å². The fourth-order valence-corrected chi connectivity index (χ4v) is 5.01. The standard InChI is InChI=1S/C26H32N2O6S/c1-31-22-14-19-8-9-28-24(29)16-27(25(30)17-35-3)10-11-33-12-13-34-20-6-4-18(5-7-20)26(28)21(19)15-23(22)32-2/h4-7,14-15,26H,8-13,16-17H2,1-3H3. The number of nitrogens with zero attached hydrogens (tertiary/aromatic N) is 2. The smallest absolute Gasteiger partial charge is 0.242 e. The summed E-state index contributed by atoms with van der Waals surface area (Å²) in [7, 11) is 3.23. The lowest BCUT2D eigenvalue weighted by atomic mass is 9.87. The SMILES string of the molecule is COc1cc2c(cc1OC)C1c3ccc(cc3)OCCOCCN(C(=O)CSC)CC(=O)N1CC2. The van der Waals surface area contributed by atoms with Gasteiger partial charge in [0.05, 0.1) is 45.8 Å². The number of thioether (sulfide) groups is 1. The summed E-state index contributed by atoms with van der Waals surface area (Å²) >= 11 is 1.44. The van der Waals surface area contributed by atoms with Crippen LogP contribution in [0.1, 0.15) is 22.7 Å². The molecule has 3 aliphatic rings. The predicted octanol–water partition coefficient (Wildman–Crippen LogP) is 2.78. The lowest BCUT2D eigenvalue weighted by Crippen LogP contribution is -2.48. The molecule has 188 valence electrons. The van der Waals surface area contributed by atoms with Crippen molar-refractivity contribution in [2.24, 2.45) is 0 Å². The average molecular weight is 501 g/mol. The van der Waals surface area contributed by atoms with E-state index >= 15 is 0 Å². The minimum absolute atomic E-state index is 0.0104. The Kier molecular flexibility index (Phi) is 8.41. The molecule has 1 unspecified atom stereocenters. The van der Waals surface area contributed by atoms with Crippen molar-refractivity contribution in [2.45, 2.75) is 12.5 Å². The first-order chi connectivity index (χ1) is 17.0. The first-order valence-corrected chi connectivity index (χ1v) is 13.1. The molecule has 0 saturated heterocycles. The van der Waals surface area contributed by atoms with Crippen LogP contribution in [0.5, 0.6) is 17.2 Å². The van der Waals surface area contributed by atoms with Crippen LogP contribution in [-0.4, -0.2) is 87.3 Å². The van der Waals surface area contributed by atoms with Crippen LogP contribution in [0, 0.1) is 0 Å². The molecule has 5 rings (SSSR count). The van der Waals surface area contributed by atoms with Crippen LogP contribution in [0.4, 0.5) is 0 Å². The second-order valence-electron chi connectivity index (χ2n) is 8.42. The Morgan fingerprint density at radius 1 is 1.06 bits per heavy atom. The van der Waals surface area contributed by atoms with Gasteiger partial charge in [-0.3, -0.25) is 9.59 Å².